The lowest BCUT2D eigenvalue weighted by Gasteiger charge is -2.28. The van der Waals surface area contributed by atoms with E-state index in [1.807, 2.05) is 0 Å². The van der Waals surface area contributed by atoms with Crippen molar-refractivity contribution in [1.29, 1.82) is 0 Å². The highest BCUT2D eigenvalue weighted by atomic mass is 16.5. The molecule has 0 aromatic heterocycles. The number of carbonyl (C=O) groups is 1. The van der Waals surface area contributed by atoms with Gasteiger partial charge >= 0.3 is 6.09 Å². The lowest BCUT2D eigenvalue weighted by atomic mass is 10.0. The average molecular weight is 188 g/mol. The Labute approximate surface area is 77.5 Å². The predicted molar refractivity (Wildman–Crippen MR) is 47.4 cm³/mol. The maximum Gasteiger partial charge on any atom is 0.407 e. The maximum absolute atomic E-state index is 11.0. The normalized spacial score (nSPS) is 28.2. The highest BCUT2D eigenvalue weighted by Crippen LogP contribution is 2.03. The Balaban J connectivity index is 2.29. The van der Waals surface area contributed by atoms with E-state index in [1.54, 1.807) is 6.92 Å². The quantitative estimate of drug-likeness (QED) is 0.544. The molecule has 0 aliphatic carbocycles. The molecule has 1 aliphatic heterocycles. The zero-order chi connectivity index (χ0) is 9.68. The number of aliphatic hydroxyl groups is 1. The Morgan fingerprint density at radius 3 is 3.15 bits per heavy atom. The largest absolute Gasteiger partial charge is 0.450 e. The van der Waals surface area contributed by atoms with Crippen molar-refractivity contribution in [3.63, 3.8) is 0 Å². The van der Waals surface area contributed by atoms with E-state index >= 15 is 0 Å². The number of piperidine rings is 1. The first-order valence-electron chi connectivity index (χ1n) is 4.56. The van der Waals surface area contributed by atoms with Crippen molar-refractivity contribution < 1.29 is 14.6 Å². The summed E-state index contributed by atoms with van der Waals surface area (Å²) in [6, 6.07) is -0.180. The van der Waals surface area contributed by atoms with Crippen molar-refractivity contribution in [1.82, 2.24) is 10.6 Å². The molecule has 5 nitrogen and oxygen atoms in total. The smallest absolute Gasteiger partial charge is 0.407 e. The van der Waals surface area contributed by atoms with Crippen LogP contribution >= 0.6 is 0 Å². The number of rotatable bonds is 2. The van der Waals surface area contributed by atoms with E-state index in [0.717, 1.165) is 13.0 Å². The third-order valence-corrected chi connectivity index (χ3v) is 2.03. The SMILES string of the molecule is CCOC(=O)N[C@H]1CCNC[C@@H]1O. The van der Waals surface area contributed by atoms with Crippen molar-refractivity contribution in [3.05, 3.63) is 0 Å². The Morgan fingerprint density at radius 2 is 2.54 bits per heavy atom. The van der Waals surface area contributed by atoms with Gasteiger partial charge in [0.15, 0.2) is 0 Å². The van der Waals surface area contributed by atoms with Crippen LogP contribution in [0.15, 0.2) is 0 Å². The molecule has 0 saturated carbocycles. The molecule has 1 saturated heterocycles. The number of carbonyl (C=O) groups excluding carboxylic acids is 1. The number of β-amino-alcohol motifs (C(OH)–C–C–N with tert-alkyl or cyclic N) is 1. The van der Waals surface area contributed by atoms with Crippen LogP contribution < -0.4 is 10.6 Å². The highest BCUT2D eigenvalue weighted by molar-refractivity contribution is 5.67. The van der Waals surface area contributed by atoms with Crippen LogP contribution in [-0.2, 0) is 4.74 Å². The van der Waals surface area contributed by atoms with Gasteiger partial charge in [0.25, 0.3) is 0 Å². The fourth-order valence-corrected chi connectivity index (χ4v) is 1.33. The van der Waals surface area contributed by atoms with Crippen LogP contribution in [0.5, 0.6) is 0 Å². The Bertz CT molecular complexity index is 175. The van der Waals surface area contributed by atoms with E-state index in [2.05, 4.69) is 10.6 Å². The number of amides is 1. The van der Waals surface area contributed by atoms with Gasteiger partial charge < -0.3 is 20.5 Å². The molecule has 1 amide bonds. The number of aliphatic hydroxyl groups excluding tert-OH is 1. The van der Waals surface area contributed by atoms with Crippen LogP contribution in [-0.4, -0.2) is 43.0 Å². The van der Waals surface area contributed by atoms with Gasteiger partial charge in [0.2, 0.25) is 0 Å². The molecule has 0 bridgehead atoms. The van der Waals surface area contributed by atoms with Gasteiger partial charge in [-0.25, -0.2) is 4.79 Å². The summed E-state index contributed by atoms with van der Waals surface area (Å²) >= 11 is 0. The molecule has 3 N–H and O–H groups in total. The molecule has 5 heteroatoms. The molecule has 1 aliphatic rings. The summed E-state index contributed by atoms with van der Waals surface area (Å²) in [5, 5.41) is 15.1. The summed E-state index contributed by atoms with van der Waals surface area (Å²) in [6.45, 7) is 3.44. The molecule has 0 aromatic carbocycles. The molecule has 0 radical (unpaired) electrons. The summed E-state index contributed by atoms with van der Waals surface area (Å²) in [6.07, 6.45) is -0.230. The van der Waals surface area contributed by atoms with Gasteiger partial charge in [0.05, 0.1) is 18.8 Å². The van der Waals surface area contributed by atoms with Gasteiger partial charge in [-0.15, -0.1) is 0 Å². The van der Waals surface area contributed by atoms with Crippen LogP contribution in [0.25, 0.3) is 0 Å². The molecule has 2 atom stereocenters. The monoisotopic (exact) mass is 188 g/mol. The van der Waals surface area contributed by atoms with Crippen LogP contribution in [0.1, 0.15) is 13.3 Å². The van der Waals surface area contributed by atoms with Crippen LogP contribution in [0.2, 0.25) is 0 Å². The minimum Gasteiger partial charge on any atom is -0.450 e. The molecule has 76 valence electrons. The Morgan fingerprint density at radius 1 is 1.77 bits per heavy atom. The van der Waals surface area contributed by atoms with E-state index in [9.17, 15) is 9.90 Å². The third kappa shape index (κ3) is 3.20. The fraction of sp³-hybridized carbons (Fsp3) is 0.875. The number of nitrogens with one attached hydrogen (secondary N) is 2. The highest BCUT2D eigenvalue weighted by Gasteiger charge is 2.24. The molecule has 1 fully saturated rings. The van der Waals surface area contributed by atoms with Gasteiger partial charge in [0, 0.05) is 6.54 Å². The Hall–Kier alpha value is -0.810. The first-order valence-corrected chi connectivity index (χ1v) is 4.56. The first kappa shape index (κ1) is 10.3. The standard InChI is InChI=1S/C8H16N2O3/c1-2-13-8(12)10-6-3-4-9-5-7(6)11/h6-7,9,11H,2-5H2,1H3,(H,10,12)/t6-,7-/m0/s1. The van der Waals surface area contributed by atoms with Crippen LogP contribution in [0, 0.1) is 0 Å². The zero-order valence-electron chi connectivity index (χ0n) is 7.75. The summed E-state index contributed by atoms with van der Waals surface area (Å²) in [5.41, 5.74) is 0. The van der Waals surface area contributed by atoms with E-state index in [-0.39, 0.29) is 6.04 Å². The molecule has 13 heavy (non-hydrogen) atoms. The second-order valence-electron chi connectivity index (χ2n) is 3.03. The second kappa shape index (κ2) is 5.04. The predicted octanol–water partition coefficient (Wildman–Crippen LogP) is -0.545. The molecular weight excluding hydrogens is 172 g/mol. The van der Waals surface area contributed by atoms with Crippen LogP contribution in [0.4, 0.5) is 4.79 Å². The van der Waals surface area contributed by atoms with E-state index in [1.165, 1.54) is 0 Å². The van der Waals surface area contributed by atoms with E-state index in [4.69, 9.17) is 4.74 Å². The fourth-order valence-electron chi connectivity index (χ4n) is 1.33. The lowest BCUT2D eigenvalue weighted by Crippen LogP contribution is -2.52. The van der Waals surface area contributed by atoms with Gasteiger partial charge in [0.1, 0.15) is 0 Å². The number of alkyl carbamates (subject to hydrolysis) is 1. The topological polar surface area (TPSA) is 70.6 Å². The molecule has 1 heterocycles. The van der Waals surface area contributed by atoms with Crippen molar-refractivity contribution in [2.24, 2.45) is 0 Å². The number of hydrogen-bond donors (Lipinski definition) is 3. The number of hydrogen-bond acceptors (Lipinski definition) is 4. The Kier molecular flexibility index (Phi) is 3.98. The molecule has 0 unspecified atom stereocenters. The molecular formula is C8H16N2O3. The van der Waals surface area contributed by atoms with Crippen molar-refractivity contribution in [2.45, 2.75) is 25.5 Å². The van der Waals surface area contributed by atoms with Gasteiger partial charge in [-0.1, -0.05) is 0 Å². The average Bonchev–Trinajstić information content (AvgIpc) is 2.09. The van der Waals surface area contributed by atoms with Gasteiger partial charge in [-0.2, -0.15) is 0 Å². The maximum atomic E-state index is 11.0. The number of ether oxygens (including phenoxy) is 1. The summed E-state index contributed by atoms with van der Waals surface area (Å²) in [7, 11) is 0. The summed E-state index contributed by atoms with van der Waals surface area (Å²) in [4.78, 5) is 11.0. The molecule has 0 aromatic rings. The van der Waals surface area contributed by atoms with Gasteiger partial charge in [-0.3, -0.25) is 0 Å². The van der Waals surface area contributed by atoms with Gasteiger partial charge in [-0.05, 0) is 19.9 Å². The first-order chi connectivity index (χ1) is 6.24. The van der Waals surface area contributed by atoms with Crippen molar-refractivity contribution in [2.75, 3.05) is 19.7 Å². The zero-order valence-corrected chi connectivity index (χ0v) is 7.75. The molecule has 0 spiro atoms. The van der Waals surface area contributed by atoms with Crippen molar-refractivity contribution in [3.8, 4) is 0 Å². The van der Waals surface area contributed by atoms with Crippen LogP contribution in [0.3, 0.4) is 0 Å². The third-order valence-electron chi connectivity index (χ3n) is 2.03. The van der Waals surface area contributed by atoms with Crippen molar-refractivity contribution >= 4 is 6.09 Å². The lowest BCUT2D eigenvalue weighted by molar-refractivity contribution is 0.0901. The minimum absolute atomic E-state index is 0.180. The molecule has 1 rings (SSSR count). The summed E-state index contributed by atoms with van der Waals surface area (Å²) < 4.78 is 4.71. The van der Waals surface area contributed by atoms with E-state index in [0.29, 0.717) is 13.2 Å². The van der Waals surface area contributed by atoms with E-state index < -0.39 is 12.2 Å². The minimum atomic E-state index is -0.516. The second-order valence-corrected chi connectivity index (χ2v) is 3.03. The summed E-state index contributed by atoms with van der Waals surface area (Å²) in [5.74, 6) is 0.